The Kier molecular flexibility index (Phi) is 3.10. The minimum absolute atomic E-state index is 0.0820. The van der Waals surface area contributed by atoms with Gasteiger partial charge < -0.3 is 4.52 Å². The zero-order chi connectivity index (χ0) is 14.3. The molecule has 0 saturated carbocycles. The number of sulfonamides is 1. The molecule has 1 aliphatic heterocycles. The van der Waals surface area contributed by atoms with Crippen molar-refractivity contribution < 1.29 is 17.3 Å². The third-order valence-electron chi connectivity index (χ3n) is 3.45. The van der Waals surface area contributed by atoms with Crippen molar-refractivity contribution in [3.63, 3.8) is 0 Å². The lowest BCUT2D eigenvalue weighted by atomic mass is 10.1. The maximum atomic E-state index is 12.9. The third-order valence-corrected chi connectivity index (χ3v) is 5.31. The highest BCUT2D eigenvalue weighted by Gasteiger charge is 2.31. The lowest BCUT2D eigenvalue weighted by molar-refractivity contribution is 0.307. The number of aromatic nitrogens is 1. The maximum Gasteiger partial charge on any atom is 0.243 e. The molecule has 0 fully saturated rings. The fourth-order valence-corrected chi connectivity index (χ4v) is 3.71. The number of rotatable bonds is 2. The highest BCUT2D eigenvalue weighted by molar-refractivity contribution is 7.89. The molecule has 7 heteroatoms. The van der Waals surface area contributed by atoms with Gasteiger partial charge in [-0.15, -0.1) is 0 Å². The molecule has 3 rings (SSSR count). The van der Waals surface area contributed by atoms with E-state index in [2.05, 4.69) is 5.16 Å². The fourth-order valence-electron chi connectivity index (χ4n) is 2.32. The molecule has 2 aromatic rings. The molecule has 2 heterocycles. The average molecular weight is 296 g/mol. The van der Waals surface area contributed by atoms with Crippen LogP contribution < -0.4 is 0 Å². The van der Waals surface area contributed by atoms with E-state index in [1.54, 1.807) is 0 Å². The van der Waals surface area contributed by atoms with E-state index in [1.807, 2.05) is 6.92 Å². The number of halogens is 1. The Morgan fingerprint density at radius 3 is 2.70 bits per heavy atom. The van der Waals surface area contributed by atoms with Crippen molar-refractivity contribution in [1.82, 2.24) is 9.46 Å². The van der Waals surface area contributed by atoms with Crippen molar-refractivity contribution in [2.24, 2.45) is 0 Å². The second kappa shape index (κ2) is 4.68. The Morgan fingerprint density at radius 1 is 1.30 bits per heavy atom. The van der Waals surface area contributed by atoms with E-state index < -0.39 is 15.8 Å². The molecule has 0 unspecified atom stereocenters. The summed E-state index contributed by atoms with van der Waals surface area (Å²) < 4.78 is 44.3. The second-order valence-electron chi connectivity index (χ2n) is 4.71. The molecule has 0 saturated heterocycles. The Hall–Kier alpha value is -1.73. The normalized spacial score (nSPS) is 16.1. The second-order valence-corrected chi connectivity index (χ2v) is 6.65. The van der Waals surface area contributed by atoms with Crippen LogP contribution in [0.2, 0.25) is 0 Å². The molecule has 1 aromatic carbocycles. The number of benzene rings is 1. The van der Waals surface area contributed by atoms with Crippen molar-refractivity contribution in [2.45, 2.75) is 24.8 Å². The summed E-state index contributed by atoms with van der Waals surface area (Å²) in [6.07, 6.45) is 0.574. The van der Waals surface area contributed by atoms with E-state index in [-0.39, 0.29) is 11.4 Å². The summed E-state index contributed by atoms with van der Waals surface area (Å²) in [4.78, 5) is 0.0820. The zero-order valence-corrected chi connectivity index (χ0v) is 11.7. The predicted molar refractivity (Wildman–Crippen MR) is 68.9 cm³/mol. The molecule has 5 nitrogen and oxygen atoms in total. The number of nitrogens with zero attached hydrogens (tertiary/aromatic N) is 2. The van der Waals surface area contributed by atoms with E-state index in [0.29, 0.717) is 18.7 Å². The molecule has 0 atom stereocenters. The van der Waals surface area contributed by atoms with Crippen LogP contribution in [0, 0.1) is 12.7 Å². The molecule has 1 aromatic heterocycles. The minimum atomic E-state index is -3.63. The Morgan fingerprint density at radius 2 is 2.00 bits per heavy atom. The maximum absolute atomic E-state index is 12.9. The Labute approximate surface area is 116 Å². The largest absolute Gasteiger partial charge is 0.359 e. The van der Waals surface area contributed by atoms with Crippen LogP contribution >= 0.6 is 0 Å². The molecular weight excluding hydrogens is 283 g/mol. The number of aryl methyl sites for hydroxylation is 1. The first-order valence-electron chi connectivity index (χ1n) is 6.18. The van der Waals surface area contributed by atoms with Crippen LogP contribution in [-0.4, -0.2) is 24.4 Å². The van der Waals surface area contributed by atoms with Crippen molar-refractivity contribution >= 4 is 10.0 Å². The molecule has 20 heavy (non-hydrogen) atoms. The molecule has 106 valence electrons. The van der Waals surface area contributed by atoms with Crippen LogP contribution in [0.5, 0.6) is 0 Å². The standard InChI is InChI=1S/C13H13FN2O3S/c1-9-12-6-7-16(8-13(12)19-15-9)20(17,18)11-4-2-10(14)3-5-11/h2-5H,6-8H2,1H3. The minimum Gasteiger partial charge on any atom is -0.359 e. The molecule has 0 spiro atoms. The van der Waals surface area contributed by atoms with Gasteiger partial charge in [-0.2, -0.15) is 4.31 Å². The average Bonchev–Trinajstić information content (AvgIpc) is 2.80. The third kappa shape index (κ3) is 2.12. The summed E-state index contributed by atoms with van der Waals surface area (Å²) in [7, 11) is -3.63. The molecule has 0 amide bonds. The van der Waals surface area contributed by atoms with Crippen LogP contribution in [0.25, 0.3) is 0 Å². The van der Waals surface area contributed by atoms with E-state index in [1.165, 1.54) is 16.4 Å². The number of hydrogen-bond donors (Lipinski definition) is 0. The van der Waals surface area contributed by atoms with Gasteiger partial charge in [-0.05, 0) is 37.6 Å². The van der Waals surface area contributed by atoms with E-state index in [9.17, 15) is 12.8 Å². The van der Waals surface area contributed by atoms with Gasteiger partial charge in [0.1, 0.15) is 5.82 Å². The van der Waals surface area contributed by atoms with E-state index in [0.717, 1.165) is 23.4 Å². The summed E-state index contributed by atoms with van der Waals surface area (Å²) in [5.41, 5.74) is 1.79. The van der Waals surface area contributed by atoms with Gasteiger partial charge >= 0.3 is 0 Å². The van der Waals surface area contributed by atoms with Gasteiger partial charge in [0.2, 0.25) is 10.0 Å². The molecule has 0 N–H and O–H groups in total. The molecule has 0 bridgehead atoms. The van der Waals surface area contributed by atoms with Crippen LogP contribution in [0.3, 0.4) is 0 Å². The first-order valence-corrected chi connectivity index (χ1v) is 7.62. The quantitative estimate of drug-likeness (QED) is 0.848. The highest BCUT2D eigenvalue weighted by Crippen LogP contribution is 2.26. The summed E-state index contributed by atoms with van der Waals surface area (Å²) in [6.45, 7) is 2.37. The Bertz CT molecular complexity index is 737. The highest BCUT2D eigenvalue weighted by atomic mass is 32.2. The number of hydrogen-bond acceptors (Lipinski definition) is 4. The van der Waals surface area contributed by atoms with Crippen molar-refractivity contribution in [2.75, 3.05) is 6.54 Å². The summed E-state index contributed by atoms with van der Waals surface area (Å²) in [5.74, 6) is 0.121. The molecular formula is C13H13FN2O3S. The van der Waals surface area contributed by atoms with Crippen LogP contribution in [0.15, 0.2) is 33.7 Å². The predicted octanol–water partition coefficient (Wildman–Crippen LogP) is 1.87. The van der Waals surface area contributed by atoms with Crippen molar-refractivity contribution in [3.8, 4) is 0 Å². The molecule has 0 aliphatic carbocycles. The SMILES string of the molecule is Cc1noc2c1CCN(S(=O)(=O)c1ccc(F)cc1)C2. The fraction of sp³-hybridized carbons (Fsp3) is 0.308. The first kappa shape index (κ1) is 13.3. The van der Waals surface area contributed by atoms with Crippen molar-refractivity contribution in [1.29, 1.82) is 0 Å². The van der Waals surface area contributed by atoms with Gasteiger partial charge in [0.15, 0.2) is 5.76 Å². The van der Waals surface area contributed by atoms with Crippen molar-refractivity contribution in [3.05, 3.63) is 47.1 Å². The monoisotopic (exact) mass is 296 g/mol. The summed E-state index contributed by atoms with van der Waals surface area (Å²) in [5, 5.41) is 3.85. The zero-order valence-electron chi connectivity index (χ0n) is 10.8. The van der Waals surface area contributed by atoms with Crippen LogP contribution in [-0.2, 0) is 23.0 Å². The van der Waals surface area contributed by atoms with Crippen LogP contribution in [0.1, 0.15) is 17.0 Å². The van der Waals surface area contributed by atoms with Gasteiger partial charge in [0.25, 0.3) is 0 Å². The molecule has 0 radical (unpaired) electrons. The van der Waals surface area contributed by atoms with Gasteiger partial charge in [-0.25, -0.2) is 12.8 Å². The topological polar surface area (TPSA) is 63.4 Å². The summed E-state index contributed by atoms with van der Waals surface area (Å²) in [6, 6.07) is 4.82. The lowest BCUT2D eigenvalue weighted by Gasteiger charge is -2.24. The van der Waals surface area contributed by atoms with Gasteiger partial charge in [0, 0.05) is 12.1 Å². The summed E-state index contributed by atoms with van der Waals surface area (Å²) >= 11 is 0. The number of fused-ring (bicyclic) bond motifs is 1. The van der Waals surface area contributed by atoms with E-state index >= 15 is 0 Å². The first-order chi connectivity index (χ1) is 9.48. The van der Waals surface area contributed by atoms with Gasteiger partial charge in [-0.3, -0.25) is 0 Å². The van der Waals surface area contributed by atoms with Gasteiger partial charge in [-0.1, -0.05) is 5.16 Å². The van der Waals surface area contributed by atoms with Crippen LogP contribution in [0.4, 0.5) is 4.39 Å². The Balaban J connectivity index is 1.92. The van der Waals surface area contributed by atoms with Gasteiger partial charge in [0.05, 0.1) is 17.1 Å². The lowest BCUT2D eigenvalue weighted by Crippen LogP contribution is -2.35. The molecule has 1 aliphatic rings. The smallest absolute Gasteiger partial charge is 0.243 e. The van der Waals surface area contributed by atoms with E-state index in [4.69, 9.17) is 4.52 Å².